The molecule has 3 heteroatoms. The summed E-state index contributed by atoms with van der Waals surface area (Å²) in [6.07, 6.45) is 0. The maximum absolute atomic E-state index is 11.0. The molecule has 0 aliphatic carbocycles. The molecule has 0 atom stereocenters. The average Bonchev–Trinajstić information content (AvgIpc) is 2.62. The summed E-state index contributed by atoms with van der Waals surface area (Å²) in [5, 5.41) is 10.8. The summed E-state index contributed by atoms with van der Waals surface area (Å²) in [5.41, 5.74) is 2.47. The van der Waals surface area contributed by atoms with Crippen LogP contribution in [0.4, 0.5) is 17.1 Å². The van der Waals surface area contributed by atoms with Crippen molar-refractivity contribution in [2.24, 2.45) is 5.18 Å². The molecule has 0 saturated heterocycles. The SMILES string of the molecule is O=Nc1ccc(Nc2cccc3ccccc23)c2ccccc12. The third-order valence-electron chi connectivity index (χ3n) is 4.06. The first-order valence-corrected chi connectivity index (χ1v) is 7.47. The van der Waals surface area contributed by atoms with Gasteiger partial charge in [0, 0.05) is 27.5 Å². The maximum atomic E-state index is 11.0. The number of hydrogen-bond acceptors (Lipinski definition) is 3. The minimum absolute atomic E-state index is 0.462. The van der Waals surface area contributed by atoms with E-state index in [0.717, 1.165) is 27.5 Å². The van der Waals surface area contributed by atoms with Gasteiger partial charge < -0.3 is 5.32 Å². The molecule has 0 bridgehead atoms. The molecular formula is C20H14N2O. The second-order valence-corrected chi connectivity index (χ2v) is 5.42. The number of nitrogens with zero attached hydrogens (tertiary/aromatic N) is 1. The Morgan fingerprint density at radius 3 is 2.09 bits per heavy atom. The van der Waals surface area contributed by atoms with E-state index in [1.54, 1.807) is 6.07 Å². The zero-order valence-corrected chi connectivity index (χ0v) is 12.4. The molecule has 1 N–H and O–H groups in total. The van der Waals surface area contributed by atoms with Crippen LogP contribution in [0.2, 0.25) is 0 Å². The van der Waals surface area contributed by atoms with Crippen molar-refractivity contribution in [2.75, 3.05) is 5.32 Å². The van der Waals surface area contributed by atoms with E-state index in [-0.39, 0.29) is 0 Å². The van der Waals surface area contributed by atoms with Crippen LogP contribution in [-0.2, 0) is 0 Å². The molecule has 0 spiro atoms. The molecule has 0 aromatic heterocycles. The quantitative estimate of drug-likeness (QED) is 0.462. The second kappa shape index (κ2) is 5.54. The smallest absolute Gasteiger partial charge is 0.115 e. The summed E-state index contributed by atoms with van der Waals surface area (Å²) >= 11 is 0. The van der Waals surface area contributed by atoms with Crippen LogP contribution in [0, 0.1) is 4.91 Å². The highest BCUT2D eigenvalue weighted by molar-refractivity contribution is 6.04. The van der Waals surface area contributed by atoms with Crippen LogP contribution in [0.1, 0.15) is 0 Å². The van der Waals surface area contributed by atoms with Crippen molar-refractivity contribution < 1.29 is 0 Å². The fourth-order valence-electron chi connectivity index (χ4n) is 2.95. The number of fused-ring (bicyclic) bond motifs is 2. The summed E-state index contributed by atoms with van der Waals surface area (Å²) in [7, 11) is 0. The predicted octanol–water partition coefficient (Wildman–Crippen LogP) is 6.13. The molecule has 0 radical (unpaired) electrons. The van der Waals surface area contributed by atoms with E-state index >= 15 is 0 Å². The van der Waals surface area contributed by atoms with Crippen LogP contribution in [0.15, 0.2) is 84.0 Å². The Balaban J connectivity index is 1.89. The van der Waals surface area contributed by atoms with E-state index in [2.05, 4.69) is 34.8 Å². The standard InChI is InChI=1S/C20H14N2O/c23-22-20-13-12-19(16-9-3-4-10-17(16)20)21-18-11-5-7-14-6-1-2-8-15(14)18/h1-13,21H. The first kappa shape index (κ1) is 13.5. The molecule has 4 aromatic rings. The molecular weight excluding hydrogens is 284 g/mol. The molecule has 0 amide bonds. The number of nitrogens with one attached hydrogen (secondary N) is 1. The number of anilines is 2. The Kier molecular flexibility index (Phi) is 3.24. The van der Waals surface area contributed by atoms with Crippen molar-refractivity contribution in [3.05, 3.63) is 83.8 Å². The van der Waals surface area contributed by atoms with Gasteiger partial charge in [0.1, 0.15) is 5.69 Å². The number of benzene rings is 4. The molecule has 0 heterocycles. The third kappa shape index (κ3) is 2.32. The largest absolute Gasteiger partial charge is 0.355 e. The van der Waals surface area contributed by atoms with Crippen LogP contribution in [0.5, 0.6) is 0 Å². The summed E-state index contributed by atoms with van der Waals surface area (Å²) < 4.78 is 0. The van der Waals surface area contributed by atoms with Crippen molar-refractivity contribution in [3.8, 4) is 0 Å². The van der Waals surface area contributed by atoms with Crippen LogP contribution >= 0.6 is 0 Å². The minimum atomic E-state index is 0.462. The van der Waals surface area contributed by atoms with Crippen LogP contribution in [0.3, 0.4) is 0 Å². The Labute approximate surface area is 133 Å². The molecule has 4 rings (SSSR count). The molecule has 0 unspecified atom stereocenters. The number of rotatable bonds is 3. The normalized spacial score (nSPS) is 10.8. The molecule has 110 valence electrons. The van der Waals surface area contributed by atoms with E-state index in [1.807, 2.05) is 48.5 Å². The molecule has 0 aliphatic heterocycles. The van der Waals surface area contributed by atoms with E-state index in [0.29, 0.717) is 5.69 Å². The van der Waals surface area contributed by atoms with Crippen LogP contribution in [-0.4, -0.2) is 0 Å². The van der Waals surface area contributed by atoms with E-state index in [9.17, 15) is 4.91 Å². The molecule has 3 nitrogen and oxygen atoms in total. The highest BCUT2D eigenvalue weighted by Gasteiger charge is 2.07. The monoisotopic (exact) mass is 298 g/mol. The van der Waals surface area contributed by atoms with Gasteiger partial charge in [0.25, 0.3) is 0 Å². The lowest BCUT2D eigenvalue weighted by atomic mass is 10.1. The predicted molar refractivity (Wildman–Crippen MR) is 96.6 cm³/mol. The zero-order valence-electron chi connectivity index (χ0n) is 12.4. The van der Waals surface area contributed by atoms with Gasteiger partial charge in [-0.2, -0.15) is 0 Å². The van der Waals surface area contributed by atoms with Gasteiger partial charge in [-0.3, -0.25) is 0 Å². The Hall–Kier alpha value is -3.20. The van der Waals surface area contributed by atoms with Gasteiger partial charge in [-0.15, -0.1) is 4.91 Å². The van der Waals surface area contributed by atoms with Gasteiger partial charge in [-0.1, -0.05) is 60.7 Å². The van der Waals surface area contributed by atoms with Gasteiger partial charge in [0.2, 0.25) is 0 Å². The van der Waals surface area contributed by atoms with Crippen molar-refractivity contribution >= 4 is 38.6 Å². The lowest BCUT2D eigenvalue weighted by Gasteiger charge is -2.13. The average molecular weight is 298 g/mol. The topological polar surface area (TPSA) is 41.5 Å². The lowest BCUT2D eigenvalue weighted by Crippen LogP contribution is -1.92. The second-order valence-electron chi connectivity index (χ2n) is 5.42. The first-order chi connectivity index (χ1) is 11.4. The maximum Gasteiger partial charge on any atom is 0.115 e. The van der Waals surface area contributed by atoms with Crippen molar-refractivity contribution in [2.45, 2.75) is 0 Å². The molecule has 0 saturated carbocycles. The van der Waals surface area contributed by atoms with Gasteiger partial charge in [0.15, 0.2) is 0 Å². The summed E-state index contributed by atoms with van der Waals surface area (Å²) in [4.78, 5) is 11.0. The van der Waals surface area contributed by atoms with E-state index < -0.39 is 0 Å². The fourth-order valence-corrected chi connectivity index (χ4v) is 2.95. The number of nitroso groups, excluding NO2 is 1. The lowest BCUT2D eigenvalue weighted by molar-refractivity contribution is 1.52. The van der Waals surface area contributed by atoms with Crippen molar-refractivity contribution in [1.82, 2.24) is 0 Å². The third-order valence-corrected chi connectivity index (χ3v) is 4.06. The summed E-state index contributed by atoms with van der Waals surface area (Å²) in [5.74, 6) is 0. The Morgan fingerprint density at radius 2 is 1.26 bits per heavy atom. The van der Waals surface area contributed by atoms with E-state index in [4.69, 9.17) is 0 Å². The van der Waals surface area contributed by atoms with E-state index in [1.165, 1.54) is 5.39 Å². The Bertz CT molecular complexity index is 1020. The molecule has 4 aromatic carbocycles. The minimum Gasteiger partial charge on any atom is -0.355 e. The van der Waals surface area contributed by atoms with Gasteiger partial charge in [-0.05, 0) is 28.8 Å². The number of hydrogen-bond donors (Lipinski definition) is 1. The summed E-state index contributed by atoms with van der Waals surface area (Å²) in [6.45, 7) is 0. The van der Waals surface area contributed by atoms with Crippen LogP contribution in [0.25, 0.3) is 21.5 Å². The van der Waals surface area contributed by atoms with Crippen molar-refractivity contribution in [1.29, 1.82) is 0 Å². The summed E-state index contributed by atoms with van der Waals surface area (Å²) in [6, 6.07) is 25.9. The first-order valence-electron chi connectivity index (χ1n) is 7.47. The molecule has 0 fully saturated rings. The zero-order chi connectivity index (χ0) is 15.6. The van der Waals surface area contributed by atoms with Crippen molar-refractivity contribution in [3.63, 3.8) is 0 Å². The highest BCUT2D eigenvalue weighted by atomic mass is 16.3. The fraction of sp³-hybridized carbons (Fsp3) is 0. The highest BCUT2D eigenvalue weighted by Crippen LogP contribution is 2.34. The van der Waals surface area contributed by atoms with Gasteiger partial charge in [-0.25, -0.2) is 0 Å². The van der Waals surface area contributed by atoms with Gasteiger partial charge >= 0.3 is 0 Å². The van der Waals surface area contributed by atoms with Crippen LogP contribution < -0.4 is 5.32 Å². The molecule has 0 aliphatic rings. The van der Waals surface area contributed by atoms with Gasteiger partial charge in [0.05, 0.1) is 0 Å². The Morgan fingerprint density at radius 1 is 0.609 bits per heavy atom. The molecule has 23 heavy (non-hydrogen) atoms.